The lowest BCUT2D eigenvalue weighted by molar-refractivity contribution is 0.679. The number of halogens is 1. The van der Waals surface area contributed by atoms with E-state index in [9.17, 15) is 0 Å². The van der Waals surface area contributed by atoms with Gasteiger partial charge < -0.3 is 5.32 Å². The van der Waals surface area contributed by atoms with Crippen molar-refractivity contribution in [3.8, 4) is 0 Å². The van der Waals surface area contributed by atoms with Crippen molar-refractivity contribution in [2.45, 2.75) is 32.1 Å². The summed E-state index contributed by atoms with van der Waals surface area (Å²) in [6.45, 7) is 0.813. The summed E-state index contributed by atoms with van der Waals surface area (Å²) in [5.41, 5.74) is 2.58. The maximum atomic E-state index is 6.08. The first-order valence-corrected chi connectivity index (χ1v) is 7.27. The third kappa shape index (κ3) is 3.04. The minimum Gasteiger partial charge on any atom is -0.354 e. The molecule has 0 saturated carbocycles. The van der Waals surface area contributed by atoms with Crippen LogP contribution in [0.3, 0.4) is 0 Å². The van der Waals surface area contributed by atoms with Crippen LogP contribution in [0.2, 0.25) is 5.15 Å². The van der Waals surface area contributed by atoms with E-state index in [0.717, 1.165) is 13.0 Å². The van der Waals surface area contributed by atoms with Gasteiger partial charge in [-0.15, -0.1) is 0 Å². The minimum absolute atomic E-state index is 0.336. The lowest BCUT2D eigenvalue weighted by Crippen LogP contribution is -2.08. The van der Waals surface area contributed by atoms with Crippen molar-refractivity contribution in [2.75, 3.05) is 11.9 Å². The van der Waals surface area contributed by atoms with Gasteiger partial charge in [0.15, 0.2) is 10.8 Å². The SMILES string of the molecule is Clc1nc(NCCC2=CCCCC2)nc2nccnc12. The lowest BCUT2D eigenvalue weighted by Gasteiger charge is -2.13. The molecule has 0 unspecified atom stereocenters. The summed E-state index contributed by atoms with van der Waals surface area (Å²) in [5.74, 6) is 0.513. The van der Waals surface area contributed by atoms with Gasteiger partial charge in [-0.3, -0.25) is 0 Å². The third-order valence-electron chi connectivity index (χ3n) is 3.40. The standard InChI is InChI=1S/C14H16ClN5/c15-12-11-13(17-9-8-16-11)20-14(19-12)18-7-6-10-4-2-1-3-5-10/h4,8-9H,1-3,5-7H2,(H,17,18,19,20). The van der Waals surface area contributed by atoms with Crippen molar-refractivity contribution in [1.82, 2.24) is 19.9 Å². The summed E-state index contributed by atoms with van der Waals surface area (Å²) in [6.07, 6.45) is 11.6. The summed E-state index contributed by atoms with van der Waals surface area (Å²) < 4.78 is 0. The molecule has 1 N–H and O–H groups in total. The zero-order valence-corrected chi connectivity index (χ0v) is 11.9. The van der Waals surface area contributed by atoms with Crippen LogP contribution in [0.5, 0.6) is 0 Å². The molecule has 1 aliphatic rings. The molecule has 0 atom stereocenters. The van der Waals surface area contributed by atoms with Gasteiger partial charge in [0.1, 0.15) is 5.52 Å². The van der Waals surface area contributed by atoms with Gasteiger partial charge in [0.05, 0.1) is 0 Å². The van der Waals surface area contributed by atoms with Gasteiger partial charge >= 0.3 is 0 Å². The normalized spacial score (nSPS) is 15.2. The Bertz CT molecular complexity index is 640. The molecule has 0 aliphatic heterocycles. The molecule has 0 bridgehead atoms. The van der Waals surface area contributed by atoms with Crippen LogP contribution in [0.4, 0.5) is 5.95 Å². The second-order valence-corrected chi connectivity index (χ2v) is 5.21. The summed E-state index contributed by atoms with van der Waals surface area (Å²) in [4.78, 5) is 16.8. The predicted octanol–water partition coefficient (Wildman–Crippen LogP) is 3.38. The Morgan fingerprint density at radius 2 is 2.05 bits per heavy atom. The molecule has 5 nitrogen and oxygen atoms in total. The maximum Gasteiger partial charge on any atom is 0.226 e. The number of nitrogens with one attached hydrogen (secondary N) is 1. The Hall–Kier alpha value is -1.75. The predicted molar refractivity (Wildman–Crippen MR) is 79.8 cm³/mol. The maximum absolute atomic E-state index is 6.08. The van der Waals surface area contributed by atoms with E-state index < -0.39 is 0 Å². The van der Waals surface area contributed by atoms with E-state index >= 15 is 0 Å². The molecule has 0 radical (unpaired) electrons. The van der Waals surface area contributed by atoms with E-state index in [1.165, 1.54) is 31.3 Å². The monoisotopic (exact) mass is 289 g/mol. The van der Waals surface area contributed by atoms with Crippen molar-refractivity contribution in [1.29, 1.82) is 0 Å². The molecular formula is C14H16ClN5. The Morgan fingerprint density at radius 3 is 2.90 bits per heavy atom. The van der Waals surface area contributed by atoms with E-state index in [1.807, 2.05) is 0 Å². The van der Waals surface area contributed by atoms with Gasteiger partial charge in [-0.25, -0.2) is 9.97 Å². The number of aromatic nitrogens is 4. The fourth-order valence-corrected chi connectivity index (χ4v) is 2.59. The Morgan fingerprint density at radius 1 is 1.15 bits per heavy atom. The molecule has 0 fully saturated rings. The van der Waals surface area contributed by atoms with E-state index in [4.69, 9.17) is 11.6 Å². The molecule has 2 aromatic heterocycles. The van der Waals surface area contributed by atoms with Crippen LogP contribution in [0.25, 0.3) is 11.2 Å². The van der Waals surface area contributed by atoms with Crippen LogP contribution >= 0.6 is 11.6 Å². The zero-order chi connectivity index (χ0) is 13.8. The molecule has 1 aliphatic carbocycles. The third-order valence-corrected chi connectivity index (χ3v) is 3.67. The molecule has 20 heavy (non-hydrogen) atoms. The Labute approximate surface area is 122 Å². The molecule has 2 heterocycles. The van der Waals surface area contributed by atoms with Crippen molar-refractivity contribution in [3.63, 3.8) is 0 Å². The van der Waals surface area contributed by atoms with E-state index in [-0.39, 0.29) is 0 Å². The average Bonchev–Trinajstić information content (AvgIpc) is 2.48. The Balaban J connectivity index is 1.67. The van der Waals surface area contributed by atoms with Crippen LogP contribution in [0, 0.1) is 0 Å². The number of hydrogen-bond donors (Lipinski definition) is 1. The number of fused-ring (bicyclic) bond motifs is 1. The van der Waals surface area contributed by atoms with E-state index in [0.29, 0.717) is 22.3 Å². The van der Waals surface area contributed by atoms with Crippen LogP contribution in [-0.4, -0.2) is 26.5 Å². The second kappa shape index (κ2) is 6.13. The second-order valence-electron chi connectivity index (χ2n) is 4.85. The number of allylic oxidation sites excluding steroid dienone is 1. The molecule has 104 valence electrons. The highest BCUT2D eigenvalue weighted by molar-refractivity contribution is 6.33. The van der Waals surface area contributed by atoms with Crippen molar-refractivity contribution < 1.29 is 0 Å². The van der Waals surface area contributed by atoms with Crippen LogP contribution in [-0.2, 0) is 0 Å². The van der Waals surface area contributed by atoms with Gasteiger partial charge in [0.25, 0.3) is 0 Å². The molecule has 0 saturated heterocycles. The number of hydrogen-bond acceptors (Lipinski definition) is 5. The van der Waals surface area contributed by atoms with E-state index in [2.05, 4.69) is 31.3 Å². The van der Waals surface area contributed by atoms with Crippen LogP contribution in [0.15, 0.2) is 24.0 Å². The quantitative estimate of drug-likeness (QED) is 0.690. The van der Waals surface area contributed by atoms with Crippen molar-refractivity contribution in [2.24, 2.45) is 0 Å². The van der Waals surface area contributed by atoms with Gasteiger partial charge in [0, 0.05) is 18.9 Å². The number of nitrogens with zero attached hydrogens (tertiary/aromatic N) is 4. The smallest absolute Gasteiger partial charge is 0.226 e. The fourth-order valence-electron chi connectivity index (χ4n) is 2.37. The molecular weight excluding hydrogens is 274 g/mol. The molecule has 0 amide bonds. The summed E-state index contributed by atoms with van der Waals surface area (Å²) in [6, 6.07) is 0. The lowest BCUT2D eigenvalue weighted by atomic mass is 9.97. The molecule has 6 heteroatoms. The first kappa shape index (κ1) is 13.2. The molecule has 0 aromatic carbocycles. The number of rotatable bonds is 4. The topological polar surface area (TPSA) is 63.6 Å². The highest BCUT2D eigenvalue weighted by atomic mass is 35.5. The molecule has 2 aromatic rings. The zero-order valence-electron chi connectivity index (χ0n) is 11.1. The van der Waals surface area contributed by atoms with Crippen LogP contribution < -0.4 is 5.32 Å². The van der Waals surface area contributed by atoms with Gasteiger partial charge in [-0.2, -0.15) is 9.97 Å². The first-order chi connectivity index (χ1) is 9.83. The average molecular weight is 290 g/mol. The van der Waals surface area contributed by atoms with Crippen LogP contribution in [0.1, 0.15) is 32.1 Å². The van der Waals surface area contributed by atoms with Gasteiger partial charge in [-0.05, 0) is 32.1 Å². The minimum atomic E-state index is 0.336. The molecule has 3 rings (SSSR count). The fraction of sp³-hybridized carbons (Fsp3) is 0.429. The summed E-state index contributed by atoms with van der Waals surface area (Å²) >= 11 is 6.08. The van der Waals surface area contributed by atoms with Crippen molar-refractivity contribution in [3.05, 3.63) is 29.2 Å². The van der Waals surface area contributed by atoms with E-state index in [1.54, 1.807) is 12.4 Å². The van der Waals surface area contributed by atoms with Crippen molar-refractivity contribution >= 4 is 28.7 Å². The Kier molecular flexibility index (Phi) is 4.06. The molecule has 0 spiro atoms. The van der Waals surface area contributed by atoms with Gasteiger partial charge in [0.2, 0.25) is 5.95 Å². The largest absolute Gasteiger partial charge is 0.354 e. The van der Waals surface area contributed by atoms with Gasteiger partial charge in [-0.1, -0.05) is 23.3 Å². The summed E-state index contributed by atoms with van der Waals surface area (Å²) in [7, 11) is 0. The number of anilines is 1. The summed E-state index contributed by atoms with van der Waals surface area (Å²) in [5, 5.41) is 3.55. The first-order valence-electron chi connectivity index (χ1n) is 6.89. The highest BCUT2D eigenvalue weighted by Crippen LogP contribution is 2.21. The highest BCUT2D eigenvalue weighted by Gasteiger charge is 2.08.